The zero-order valence-corrected chi connectivity index (χ0v) is 19.9. The van der Waals surface area contributed by atoms with Crippen molar-refractivity contribution in [2.45, 2.75) is 19.9 Å². The minimum absolute atomic E-state index is 0.0926. The summed E-state index contributed by atoms with van der Waals surface area (Å²) < 4.78 is 3.71. The number of nitrogens with one attached hydrogen (secondary N) is 1. The van der Waals surface area contributed by atoms with Gasteiger partial charge in [0.2, 0.25) is 5.91 Å². The van der Waals surface area contributed by atoms with Crippen molar-refractivity contribution in [3.05, 3.63) is 113 Å². The van der Waals surface area contributed by atoms with Crippen LogP contribution >= 0.6 is 11.6 Å². The summed E-state index contributed by atoms with van der Waals surface area (Å²) in [6.45, 7) is 2.31. The predicted octanol–water partition coefficient (Wildman–Crippen LogP) is 4.94. The Morgan fingerprint density at radius 2 is 1.80 bits per heavy atom. The molecule has 0 bridgehead atoms. The van der Waals surface area contributed by atoms with E-state index in [1.807, 2.05) is 90.6 Å². The number of carbonyl (C=O) groups excluding carboxylic acids is 1. The highest BCUT2D eigenvalue weighted by Crippen LogP contribution is 2.25. The number of aryl methyl sites for hydroxylation is 1. The lowest BCUT2D eigenvalue weighted by molar-refractivity contribution is -0.120. The smallest absolute Gasteiger partial charge is 0.224 e. The van der Waals surface area contributed by atoms with Gasteiger partial charge in [0.15, 0.2) is 0 Å². The van der Waals surface area contributed by atoms with Gasteiger partial charge in [-0.15, -0.1) is 0 Å². The molecular weight excluding hydrogens is 460 g/mol. The van der Waals surface area contributed by atoms with Crippen LogP contribution in [0, 0.1) is 6.92 Å². The molecule has 0 aliphatic heterocycles. The lowest BCUT2D eigenvalue weighted by atomic mass is 10.1. The van der Waals surface area contributed by atoms with Crippen LogP contribution in [0.4, 0.5) is 0 Å². The van der Waals surface area contributed by atoms with Crippen LogP contribution in [-0.2, 0) is 17.8 Å². The quantitative estimate of drug-likeness (QED) is 0.356. The van der Waals surface area contributed by atoms with Crippen LogP contribution in [0.25, 0.3) is 22.8 Å². The van der Waals surface area contributed by atoms with Crippen molar-refractivity contribution in [1.82, 2.24) is 29.6 Å². The summed E-state index contributed by atoms with van der Waals surface area (Å²) in [5.74, 6) is 1.52. The molecule has 0 aliphatic rings. The van der Waals surface area contributed by atoms with Crippen LogP contribution in [0.5, 0.6) is 0 Å². The van der Waals surface area contributed by atoms with Crippen molar-refractivity contribution in [3.8, 4) is 22.8 Å². The van der Waals surface area contributed by atoms with Gasteiger partial charge in [-0.1, -0.05) is 41.9 Å². The normalized spacial score (nSPS) is 10.9. The molecule has 7 nitrogen and oxygen atoms in total. The Balaban J connectivity index is 1.35. The van der Waals surface area contributed by atoms with Crippen molar-refractivity contribution in [2.24, 2.45) is 0 Å². The summed E-state index contributed by atoms with van der Waals surface area (Å²) in [6.07, 6.45) is 7.44. The molecule has 2 aromatic carbocycles. The third-order valence-electron chi connectivity index (χ3n) is 5.65. The maximum atomic E-state index is 12.9. The lowest BCUT2D eigenvalue weighted by Crippen LogP contribution is -2.24. The number of amides is 1. The number of benzene rings is 2. The van der Waals surface area contributed by atoms with Crippen LogP contribution in [0.3, 0.4) is 0 Å². The van der Waals surface area contributed by atoms with Crippen LogP contribution in [0.1, 0.15) is 17.0 Å². The Labute approximate surface area is 208 Å². The van der Waals surface area contributed by atoms with Gasteiger partial charge in [-0.25, -0.2) is 14.6 Å². The number of pyridine rings is 1. The molecule has 5 aromatic rings. The third kappa shape index (κ3) is 5.15. The van der Waals surface area contributed by atoms with Gasteiger partial charge in [-0.2, -0.15) is 5.10 Å². The molecule has 0 radical (unpaired) electrons. The van der Waals surface area contributed by atoms with E-state index in [1.165, 1.54) is 0 Å². The summed E-state index contributed by atoms with van der Waals surface area (Å²) in [5, 5.41) is 8.45. The topological polar surface area (TPSA) is 77.6 Å². The van der Waals surface area contributed by atoms with Gasteiger partial charge in [-0.3, -0.25) is 9.36 Å². The molecule has 0 aliphatic carbocycles. The molecule has 0 saturated carbocycles. The third-order valence-corrected chi connectivity index (χ3v) is 5.90. The summed E-state index contributed by atoms with van der Waals surface area (Å²) in [7, 11) is 0. The minimum Gasteiger partial charge on any atom is -0.352 e. The number of para-hydroxylation sites is 1. The Hall–Kier alpha value is -4.23. The second-order valence-electron chi connectivity index (χ2n) is 8.11. The van der Waals surface area contributed by atoms with E-state index in [0.717, 1.165) is 39.7 Å². The first-order valence-electron chi connectivity index (χ1n) is 11.2. The van der Waals surface area contributed by atoms with E-state index in [4.69, 9.17) is 16.7 Å². The van der Waals surface area contributed by atoms with Gasteiger partial charge in [0.05, 0.1) is 17.8 Å². The number of halogens is 1. The van der Waals surface area contributed by atoms with E-state index in [-0.39, 0.29) is 12.3 Å². The molecule has 174 valence electrons. The summed E-state index contributed by atoms with van der Waals surface area (Å²) >= 11 is 6.08. The molecule has 0 spiro atoms. The van der Waals surface area contributed by atoms with E-state index in [2.05, 4.69) is 15.3 Å². The van der Waals surface area contributed by atoms with Crippen LogP contribution in [0.15, 0.2) is 91.5 Å². The van der Waals surface area contributed by atoms with E-state index in [9.17, 15) is 4.79 Å². The predicted molar refractivity (Wildman–Crippen MR) is 136 cm³/mol. The maximum Gasteiger partial charge on any atom is 0.224 e. The van der Waals surface area contributed by atoms with Crippen LogP contribution in [-0.4, -0.2) is 30.2 Å². The van der Waals surface area contributed by atoms with Gasteiger partial charge in [0.1, 0.15) is 11.6 Å². The van der Waals surface area contributed by atoms with Crippen molar-refractivity contribution in [2.75, 3.05) is 0 Å². The van der Waals surface area contributed by atoms with E-state index in [0.29, 0.717) is 11.6 Å². The largest absolute Gasteiger partial charge is 0.352 e. The van der Waals surface area contributed by atoms with E-state index >= 15 is 0 Å². The Kier molecular flexibility index (Phi) is 6.41. The van der Waals surface area contributed by atoms with Crippen LogP contribution < -0.4 is 5.32 Å². The molecule has 1 amide bonds. The Bertz CT molecular complexity index is 1460. The second-order valence-corrected chi connectivity index (χ2v) is 8.55. The molecule has 5 rings (SSSR count). The number of rotatable bonds is 7. The Morgan fingerprint density at radius 1 is 1.00 bits per heavy atom. The molecule has 0 unspecified atom stereocenters. The molecule has 0 saturated heterocycles. The van der Waals surface area contributed by atoms with Gasteiger partial charge >= 0.3 is 0 Å². The molecule has 0 fully saturated rings. The highest BCUT2D eigenvalue weighted by Gasteiger charge is 2.16. The lowest BCUT2D eigenvalue weighted by Gasteiger charge is -2.08. The minimum atomic E-state index is -0.0926. The molecule has 0 atom stereocenters. The van der Waals surface area contributed by atoms with E-state index < -0.39 is 0 Å². The van der Waals surface area contributed by atoms with Crippen molar-refractivity contribution in [3.63, 3.8) is 0 Å². The molecule has 3 heterocycles. The summed E-state index contributed by atoms with van der Waals surface area (Å²) in [6, 6.07) is 21.1. The van der Waals surface area contributed by atoms with E-state index in [1.54, 1.807) is 17.1 Å². The van der Waals surface area contributed by atoms with Gasteiger partial charge in [0.25, 0.3) is 0 Å². The number of hydrogen-bond donors (Lipinski definition) is 1. The van der Waals surface area contributed by atoms with Crippen molar-refractivity contribution in [1.29, 1.82) is 0 Å². The number of nitrogens with zero attached hydrogens (tertiary/aromatic N) is 5. The number of aromatic nitrogens is 5. The van der Waals surface area contributed by atoms with Gasteiger partial charge < -0.3 is 5.32 Å². The molecule has 1 N–H and O–H groups in total. The maximum absolute atomic E-state index is 12.9. The van der Waals surface area contributed by atoms with Gasteiger partial charge in [0, 0.05) is 47.5 Å². The highest BCUT2D eigenvalue weighted by atomic mass is 35.5. The number of carbonyl (C=O) groups is 1. The molecular formula is C27H23ClN6O. The first-order valence-corrected chi connectivity index (χ1v) is 11.6. The SMILES string of the molecule is Cc1nccn1-c1cc(CNC(=O)Cc2cn(-c3ccccc3)nc2-c2ccc(Cl)cc2)ccn1. The number of hydrogen-bond acceptors (Lipinski definition) is 4. The Morgan fingerprint density at radius 3 is 2.54 bits per heavy atom. The second kappa shape index (κ2) is 9.95. The fourth-order valence-electron chi connectivity index (χ4n) is 3.86. The molecule has 8 heteroatoms. The van der Waals surface area contributed by atoms with Gasteiger partial charge in [-0.05, 0) is 48.9 Å². The average Bonchev–Trinajstić information content (AvgIpc) is 3.50. The summed E-state index contributed by atoms with van der Waals surface area (Å²) in [4.78, 5) is 21.6. The van der Waals surface area contributed by atoms with Crippen molar-refractivity contribution < 1.29 is 4.79 Å². The number of imidazole rings is 1. The molecule has 35 heavy (non-hydrogen) atoms. The fraction of sp³-hybridized carbons (Fsp3) is 0.111. The van der Waals surface area contributed by atoms with Crippen molar-refractivity contribution >= 4 is 17.5 Å². The standard InChI is InChI=1S/C27H23ClN6O/c1-19-29-13-14-33(19)25-15-20(11-12-30-25)17-31-26(35)16-22-18-34(24-5-3-2-4-6-24)32-27(22)21-7-9-23(28)10-8-21/h2-15,18H,16-17H2,1H3,(H,31,35). The zero-order chi connectivity index (χ0) is 24.2. The first-order chi connectivity index (χ1) is 17.1. The summed E-state index contributed by atoms with van der Waals surface area (Å²) in [5.41, 5.74) is 4.37. The van der Waals surface area contributed by atoms with Crippen LogP contribution in [0.2, 0.25) is 5.02 Å². The highest BCUT2D eigenvalue weighted by molar-refractivity contribution is 6.30. The zero-order valence-electron chi connectivity index (χ0n) is 19.1. The molecule has 3 aromatic heterocycles. The monoisotopic (exact) mass is 482 g/mol. The fourth-order valence-corrected chi connectivity index (χ4v) is 3.99. The average molecular weight is 483 g/mol. The first kappa shape index (κ1) is 22.6.